The van der Waals surface area contributed by atoms with Gasteiger partial charge in [-0.05, 0) is 24.1 Å². The fourth-order valence-corrected chi connectivity index (χ4v) is 2.25. The van der Waals surface area contributed by atoms with Gasteiger partial charge < -0.3 is 4.74 Å². The van der Waals surface area contributed by atoms with Gasteiger partial charge in [-0.15, -0.1) is 10.2 Å². The largest absolute Gasteiger partial charge is 0.465 e. The van der Waals surface area contributed by atoms with Gasteiger partial charge in [0.25, 0.3) is 0 Å². The number of pyridine rings is 1. The molecule has 21 heavy (non-hydrogen) atoms. The number of hydrogen-bond acceptors (Lipinski definition) is 4. The van der Waals surface area contributed by atoms with E-state index >= 15 is 0 Å². The second kappa shape index (κ2) is 5.75. The molecule has 5 heteroatoms. The zero-order valence-electron chi connectivity index (χ0n) is 11.7. The van der Waals surface area contributed by atoms with Crippen molar-refractivity contribution >= 4 is 11.6 Å². The van der Waals surface area contributed by atoms with Crippen LogP contribution in [0.4, 0.5) is 0 Å². The Morgan fingerprint density at radius 3 is 2.67 bits per heavy atom. The van der Waals surface area contributed by atoms with Crippen molar-refractivity contribution in [3.05, 3.63) is 65.6 Å². The molecule has 3 rings (SSSR count). The number of aromatic nitrogens is 3. The lowest BCUT2D eigenvalue weighted by Gasteiger charge is -2.03. The van der Waals surface area contributed by atoms with E-state index in [1.807, 2.05) is 22.6 Å². The number of methoxy groups -OCH3 is 1. The molecule has 0 radical (unpaired) electrons. The van der Waals surface area contributed by atoms with Crippen LogP contribution in [-0.2, 0) is 17.6 Å². The van der Waals surface area contributed by atoms with Gasteiger partial charge in [0.2, 0.25) is 0 Å². The van der Waals surface area contributed by atoms with Gasteiger partial charge in [-0.3, -0.25) is 4.40 Å². The summed E-state index contributed by atoms with van der Waals surface area (Å²) in [6.07, 6.45) is 3.36. The smallest absolute Gasteiger partial charge is 0.339 e. The normalized spacial score (nSPS) is 10.7. The third-order valence-electron chi connectivity index (χ3n) is 3.37. The van der Waals surface area contributed by atoms with Crippen LogP contribution in [0.5, 0.6) is 0 Å². The third kappa shape index (κ3) is 2.76. The Morgan fingerprint density at radius 2 is 1.90 bits per heavy atom. The Hall–Kier alpha value is -2.69. The second-order valence-corrected chi connectivity index (χ2v) is 4.74. The van der Waals surface area contributed by atoms with Gasteiger partial charge in [-0.25, -0.2) is 4.79 Å². The molecule has 0 aliphatic rings. The lowest BCUT2D eigenvalue weighted by atomic mass is 10.1. The molecule has 1 aromatic carbocycles. The molecule has 0 saturated heterocycles. The Balaban J connectivity index is 1.86. The van der Waals surface area contributed by atoms with E-state index in [9.17, 15) is 4.79 Å². The first-order chi connectivity index (χ1) is 10.3. The second-order valence-electron chi connectivity index (χ2n) is 4.74. The molecule has 5 nitrogen and oxygen atoms in total. The molecular weight excluding hydrogens is 266 g/mol. The molecule has 3 aromatic rings. The van der Waals surface area contributed by atoms with Crippen LogP contribution in [0.2, 0.25) is 0 Å². The van der Waals surface area contributed by atoms with Gasteiger partial charge in [-0.2, -0.15) is 0 Å². The van der Waals surface area contributed by atoms with E-state index in [1.54, 1.807) is 18.3 Å². The Morgan fingerprint density at radius 1 is 1.10 bits per heavy atom. The lowest BCUT2D eigenvalue weighted by molar-refractivity contribution is 0.0600. The number of rotatable bonds is 4. The molecule has 2 heterocycles. The quantitative estimate of drug-likeness (QED) is 0.689. The minimum atomic E-state index is -0.361. The third-order valence-corrected chi connectivity index (χ3v) is 3.37. The Bertz CT molecular complexity index is 766. The molecule has 0 atom stereocenters. The van der Waals surface area contributed by atoms with Crippen molar-refractivity contribution in [2.45, 2.75) is 12.8 Å². The molecule has 0 N–H and O–H groups in total. The average molecular weight is 281 g/mol. The highest BCUT2D eigenvalue weighted by molar-refractivity contribution is 5.89. The summed E-state index contributed by atoms with van der Waals surface area (Å²) < 4.78 is 6.58. The van der Waals surface area contributed by atoms with E-state index in [4.69, 9.17) is 4.74 Å². The van der Waals surface area contributed by atoms with Crippen LogP contribution in [0.25, 0.3) is 5.65 Å². The maximum Gasteiger partial charge on any atom is 0.339 e. The number of nitrogens with zero attached hydrogens (tertiary/aromatic N) is 3. The predicted octanol–water partition coefficient (Wildman–Crippen LogP) is 2.30. The number of aryl methyl sites for hydroxylation is 2. The lowest BCUT2D eigenvalue weighted by Crippen LogP contribution is -2.04. The van der Waals surface area contributed by atoms with Crippen LogP contribution in [0, 0.1) is 0 Å². The summed E-state index contributed by atoms with van der Waals surface area (Å²) in [4.78, 5) is 11.6. The molecule has 2 aromatic heterocycles. The van der Waals surface area contributed by atoms with Crippen LogP contribution < -0.4 is 0 Å². The van der Waals surface area contributed by atoms with Gasteiger partial charge in [0.05, 0.1) is 12.7 Å². The number of fused-ring (bicyclic) bond motifs is 1. The average Bonchev–Trinajstić information content (AvgIpc) is 2.95. The SMILES string of the molecule is COC(=O)c1ccc2nnc(CCc3ccccc3)n2c1. The number of carbonyl (C=O) groups excluding carboxylic acids is 1. The van der Waals surface area contributed by atoms with Crippen molar-refractivity contribution in [1.82, 2.24) is 14.6 Å². The van der Waals surface area contributed by atoms with Crippen molar-refractivity contribution < 1.29 is 9.53 Å². The number of carbonyl (C=O) groups is 1. The number of ether oxygens (including phenoxy) is 1. The summed E-state index contributed by atoms with van der Waals surface area (Å²) in [6.45, 7) is 0. The zero-order chi connectivity index (χ0) is 14.7. The van der Waals surface area contributed by atoms with Crippen molar-refractivity contribution in [2.75, 3.05) is 7.11 Å². The maximum atomic E-state index is 11.6. The van der Waals surface area contributed by atoms with E-state index in [0.717, 1.165) is 24.3 Å². The maximum absolute atomic E-state index is 11.6. The summed E-state index contributed by atoms with van der Waals surface area (Å²) >= 11 is 0. The van der Waals surface area contributed by atoms with E-state index < -0.39 is 0 Å². The van der Waals surface area contributed by atoms with E-state index in [2.05, 4.69) is 22.3 Å². The molecule has 0 aliphatic carbocycles. The number of benzene rings is 1. The molecule has 0 unspecified atom stereocenters. The van der Waals surface area contributed by atoms with Gasteiger partial charge >= 0.3 is 5.97 Å². The minimum absolute atomic E-state index is 0.361. The molecule has 0 saturated carbocycles. The molecule has 0 fully saturated rings. The van der Waals surface area contributed by atoms with Gasteiger partial charge in [-0.1, -0.05) is 30.3 Å². The fourth-order valence-electron chi connectivity index (χ4n) is 2.25. The van der Waals surface area contributed by atoms with Crippen LogP contribution >= 0.6 is 0 Å². The standard InChI is InChI=1S/C16H15N3O2/c1-21-16(20)13-8-10-15-18-17-14(19(15)11-13)9-7-12-5-3-2-4-6-12/h2-6,8,10-11H,7,9H2,1H3. The van der Waals surface area contributed by atoms with E-state index in [0.29, 0.717) is 5.56 Å². The Kier molecular flexibility index (Phi) is 3.64. The summed E-state index contributed by atoms with van der Waals surface area (Å²) in [5, 5.41) is 8.32. The minimum Gasteiger partial charge on any atom is -0.465 e. The zero-order valence-corrected chi connectivity index (χ0v) is 11.7. The summed E-state index contributed by atoms with van der Waals surface area (Å²) in [6, 6.07) is 13.7. The molecular formula is C16H15N3O2. The first-order valence-electron chi connectivity index (χ1n) is 6.74. The highest BCUT2D eigenvalue weighted by atomic mass is 16.5. The van der Waals surface area contributed by atoms with Crippen molar-refractivity contribution in [2.24, 2.45) is 0 Å². The van der Waals surface area contributed by atoms with E-state index in [-0.39, 0.29) is 5.97 Å². The predicted molar refractivity (Wildman–Crippen MR) is 78.2 cm³/mol. The summed E-state index contributed by atoms with van der Waals surface area (Å²) in [7, 11) is 1.37. The van der Waals surface area contributed by atoms with Gasteiger partial charge in [0, 0.05) is 12.6 Å². The van der Waals surface area contributed by atoms with Crippen molar-refractivity contribution in [1.29, 1.82) is 0 Å². The van der Waals surface area contributed by atoms with Crippen LogP contribution in [0.15, 0.2) is 48.7 Å². The molecule has 0 amide bonds. The number of hydrogen-bond donors (Lipinski definition) is 0. The van der Waals surface area contributed by atoms with Gasteiger partial charge in [0.15, 0.2) is 5.65 Å². The molecule has 0 aliphatic heterocycles. The Labute approximate surface area is 122 Å². The van der Waals surface area contributed by atoms with Gasteiger partial charge in [0.1, 0.15) is 5.82 Å². The molecule has 106 valence electrons. The summed E-state index contributed by atoms with van der Waals surface area (Å²) in [5.74, 6) is 0.471. The topological polar surface area (TPSA) is 56.5 Å². The molecule has 0 bridgehead atoms. The van der Waals surface area contributed by atoms with Crippen molar-refractivity contribution in [3.63, 3.8) is 0 Å². The fraction of sp³-hybridized carbons (Fsp3) is 0.188. The van der Waals surface area contributed by atoms with Crippen LogP contribution in [0.3, 0.4) is 0 Å². The highest BCUT2D eigenvalue weighted by Crippen LogP contribution is 2.11. The van der Waals surface area contributed by atoms with Crippen LogP contribution in [-0.4, -0.2) is 27.7 Å². The van der Waals surface area contributed by atoms with Crippen LogP contribution in [0.1, 0.15) is 21.7 Å². The van der Waals surface area contributed by atoms with Crippen molar-refractivity contribution in [3.8, 4) is 0 Å². The first kappa shape index (κ1) is 13.3. The highest BCUT2D eigenvalue weighted by Gasteiger charge is 2.10. The first-order valence-corrected chi connectivity index (χ1v) is 6.74. The van der Waals surface area contributed by atoms with E-state index in [1.165, 1.54) is 12.7 Å². The molecule has 0 spiro atoms. The monoisotopic (exact) mass is 281 g/mol. The summed E-state index contributed by atoms with van der Waals surface area (Å²) in [5.41, 5.74) is 2.47. The number of esters is 1.